The Kier molecular flexibility index (Phi) is 37.5. The molecule has 0 aromatic carbocycles. The first-order valence-electron chi connectivity index (χ1n) is 22.7. The predicted octanol–water partition coefficient (Wildman–Crippen LogP) is 12.3. The van der Waals surface area contributed by atoms with Crippen molar-refractivity contribution in [1.29, 1.82) is 0 Å². The third kappa shape index (κ3) is 41.9. The zero-order valence-electron chi connectivity index (χ0n) is 36.8. The summed E-state index contributed by atoms with van der Waals surface area (Å²) in [6.07, 6.45) is 43.0. The van der Waals surface area contributed by atoms with E-state index in [0.29, 0.717) is 17.4 Å². The van der Waals surface area contributed by atoms with Crippen molar-refractivity contribution < 1.29 is 42.1 Å². The van der Waals surface area contributed by atoms with Crippen LogP contribution in [0.1, 0.15) is 194 Å². The van der Waals surface area contributed by atoms with Crippen LogP contribution in [0.4, 0.5) is 0 Å². The molecule has 0 aliphatic rings. The molecule has 0 amide bonds. The molecule has 0 spiro atoms. The van der Waals surface area contributed by atoms with Crippen molar-refractivity contribution >= 4 is 19.8 Å². The largest absolute Gasteiger partial charge is 0.756 e. The van der Waals surface area contributed by atoms with E-state index < -0.39 is 32.5 Å². The van der Waals surface area contributed by atoms with E-state index in [1.807, 2.05) is 21.1 Å². The summed E-state index contributed by atoms with van der Waals surface area (Å²) in [5.74, 6) is -0.851. The predicted molar refractivity (Wildman–Crippen MR) is 231 cm³/mol. The van der Waals surface area contributed by atoms with Crippen LogP contribution in [0.3, 0.4) is 0 Å². The van der Waals surface area contributed by atoms with Gasteiger partial charge in [0.15, 0.2) is 6.10 Å². The number of quaternary nitrogens is 1. The van der Waals surface area contributed by atoms with Crippen LogP contribution >= 0.6 is 7.82 Å². The van der Waals surface area contributed by atoms with Crippen LogP contribution in [-0.2, 0) is 32.7 Å². The molecule has 2 atom stereocenters. The van der Waals surface area contributed by atoms with Gasteiger partial charge in [0.25, 0.3) is 7.82 Å². The number of unbranched alkanes of at least 4 members (excludes halogenated alkanes) is 21. The Balaban J connectivity index is 4.36. The lowest BCUT2D eigenvalue weighted by Crippen LogP contribution is -2.37. The molecule has 10 heteroatoms. The quantitative estimate of drug-likeness (QED) is 0.0197. The number of phosphoric acid groups is 1. The number of carbonyl (C=O) groups is 2. The zero-order chi connectivity index (χ0) is 41.4. The van der Waals surface area contributed by atoms with E-state index in [2.05, 4.69) is 50.3 Å². The summed E-state index contributed by atoms with van der Waals surface area (Å²) < 4.78 is 33.9. The molecule has 0 aliphatic heterocycles. The lowest BCUT2D eigenvalue weighted by atomic mass is 10.1. The fourth-order valence-electron chi connectivity index (χ4n) is 6.03. The van der Waals surface area contributed by atoms with E-state index in [9.17, 15) is 19.0 Å². The highest BCUT2D eigenvalue weighted by Gasteiger charge is 2.21. The Hall–Kier alpha value is -1.77. The molecule has 0 saturated heterocycles. The summed E-state index contributed by atoms with van der Waals surface area (Å²) >= 11 is 0. The molecule has 0 heterocycles. The first kappa shape index (κ1) is 54.2. The van der Waals surface area contributed by atoms with Gasteiger partial charge in [-0.15, -0.1) is 0 Å². The zero-order valence-corrected chi connectivity index (χ0v) is 37.7. The molecule has 0 radical (unpaired) electrons. The van der Waals surface area contributed by atoms with Crippen molar-refractivity contribution in [2.24, 2.45) is 0 Å². The van der Waals surface area contributed by atoms with Crippen molar-refractivity contribution in [2.45, 2.75) is 200 Å². The van der Waals surface area contributed by atoms with E-state index in [4.69, 9.17) is 18.5 Å². The molecule has 328 valence electrons. The minimum absolute atomic E-state index is 0.0338. The Morgan fingerprint density at radius 1 is 0.554 bits per heavy atom. The SMILES string of the molecule is CCCCC/C=C\C/C=C\CCCCCCCCCC(=O)OC[C@H](COP(=O)([O-])OCC[N+](C)(C)C)OC(=O)CCCCCCC/C=C\CCCCCCCC. The fourth-order valence-corrected chi connectivity index (χ4v) is 6.76. The molecule has 0 rings (SSSR count). The van der Waals surface area contributed by atoms with Crippen LogP contribution in [0.2, 0.25) is 0 Å². The lowest BCUT2D eigenvalue weighted by Gasteiger charge is -2.28. The second-order valence-corrected chi connectivity index (χ2v) is 17.8. The maximum absolute atomic E-state index is 12.7. The Morgan fingerprint density at radius 3 is 1.46 bits per heavy atom. The summed E-state index contributed by atoms with van der Waals surface area (Å²) in [6, 6.07) is 0. The lowest BCUT2D eigenvalue weighted by molar-refractivity contribution is -0.870. The number of hydrogen-bond donors (Lipinski definition) is 0. The van der Waals surface area contributed by atoms with Gasteiger partial charge in [-0.2, -0.15) is 0 Å². The van der Waals surface area contributed by atoms with Crippen LogP contribution in [-0.4, -0.2) is 70.0 Å². The van der Waals surface area contributed by atoms with Crippen molar-refractivity contribution in [1.82, 2.24) is 0 Å². The van der Waals surface area contributed by atoms with E-state index in [-0.39, 0.29) is 26.1 Å². The Labute approximate surface area is 344 Å². The van der Waals surface area contributed by atoms with Crippen LogP contribution < -0.4 is 4.89 Å². The van der Waals surface area contributed by atoms with Crippen molar-refractivity contribution in [3.05, 3.63) is 36.5 Å². The first-order valence-corrected chi connectivity index (χ1v) is 24.2. The van der Waals surface area contributed by atoms with Gasteiger partial charge in [-0.05, 0) is 70.6 Å². The number of rotatable bonds is 41. The molecular weight excluding hydrogens is 725 g/mol. The molecule has 9 nitrogen and oxygen atoms in total. The van der Waals surface area contributed by atoms with Crippen molar-refractivity contribution in [3.63, 3.8) is 0 Å². The average molecular weight is 812 g/mol. The minimum Gasteiger partial charge on any atom is -0.756 e. The van der Waals surface area contributed by atoms with Gasteiger partial charge in [-0.25, -0.2) is 0 Å². The molecule has 0 bridgehead atoms. The van der Waals surface area contributed by atoms with Crippen LogP contribution in [0.5, 0.6) is 0 Å². The smallest absolute Gasteiger partial charge is 0.306 e. The number of likely N-dealkylation sites (N-methyl/N-ethyl adjacent to an activating group) is 1. The minimum atomic E-state index is -4.63. The molecule has 1 unspecified atom stereocenters. The molecule has 0 aliphatic carbocycles. The number of phosphoric ester groups is 1. The topological polar surface area (TPSA) is 111 Å². The highest BCUT2D eigenvalue weighted by atomic mass is 31.2. The van der Waals surface area contributed by atoms with E-state index >= 15 is 0 Å². The molecule has 0 N–H and O–H groups in total. The number of nitrogens with zero attached hydrogens (tertiary/aromatic N) is 1. The summed E-state index contributed by atoms with van der Waals surface area (Å²) in [5.41, 5.74) is 0. The number of hydrogen-bond acceptors (Lipinski definition) is 8. The summed E-state index contributed by atoms with van der Waals surface area (Å²) in [7, 11) is 1.15. The molecule has 0 aromatic rings. The van der Waals surface area contributed by atoms with E-state index in [0.717, 1.165) is 70.6 Å². The van der Waals surface area contributed by atoms with Gasteiger partial charge in [0, 0.05) is 12.8 Å². The van der Waals surface area contributed by atoms with Crippen molar-refractivity contribution in [3.8, 4) is 0 Å². The first-order chi connectivity index (χ1) is 27.0. The van der Waals surface area contributed by atoms with Gasteiger partial charge in [-0.1, -0.05) is 147 Å². The molecule has 0 saturated carbocycles. The van der Waals surface area contributed by atoms with Crippen molar-refractivity contribution in [2.75, 3.05) is 47.5 Å². The van der Waals surface area contributed by atoms with Gasteiger partial charge in [0.2, 0.25) is 0 Å². The summed E-state index contributed by atoms with van der Waals surface area (Å²) in [6.45, 7) is 4.18. The molecular formula is C46H86NO8P. The summed E-state index contributed by atoms with van der Waals surface area (Å²) in [5, 5.41) is 0. The summed E-state index contributed by atoms with van der Waals surface area (Å²) in [4.78, 5) is 37.5. The van der Waals surface area contributed by atoms with Gasteiger partial charge in [-0.3, -0.25) is 14.2 Å². The number of carbonyl (C=O) groups excluding carboxylic acids is 2. The monoisotopic (exact) mass is 812 g/mol. The number of ether oxygens (including phenoxy) is 2. The maximum atomic E-state index is 12.7. The molecule has 56 heavy (non-hydrogen) atoms. The van der Waals surface area contributed by atoms with E-state index in [1.165, 1.54) is 89.9 Å². The Bertz CT molecular complexity index is 1050. The normalized spacial score (nSPS) is 13.9. The van der Waals surface area contributed by atoms with Crippen LogP contribution in [0.25, 0.3) is 0 Å². The molecule has 0 aromatic heterocycles. The maximum Gasteiger partial charge on any atom is 0.306 e. The molecule has 0 fully saturated rings. The van der Waals surface area contributed by atoms with Gasteiger partial charge in [0.1, 0.15) is 19.8 Å². The third-order valence-electron chi connectivity index (χ3n) is 9.63. The van der Waals surface area contributed by atoms with Gasteiger partial charge >= 0.3 is 11.9 Å². The van der Waals surface area contributed by atoms with Gasteiger partial charge < -0.3 is 27.9 Å². The van der Waals surface area contributed by atoms with Crippen LogP contribution in [0, 0.1) is 0 Å². The van der Waals surface area contributed by atoms with Crippen LogP contribution in [0.15, 0.2) is 36.5 Å². The highest BCUT2D eigenvalue weighted by molar-refractivity contribution is 7.45. The van der Waals surface area contributed by atoms with E-state index in [1.54, 1.807) is 0 Å². The third-order valence-corrected chi connectivity index (χ3v) is 10.6. The fraction of sp³-hybridized carbons (Fsp3) is 0.826. The Morgan fingerprint density at radius 2 is 0.964 bits per heavy atom. The standard InChI is InChI=1S/C46H86NO8P/c1-6-8-10-12-14-16-18-20-22-23-25-26-28-30-32-34-36-38-45(48)52-42-44(43-54-56(50,51)53-41-40-47(3,4)5)55-46(49)39-37-35-33-31-29-27-24-21-19-17-15-13-11-9-7-2/h14,16,20-22,24,44H,6-13,15,17-19,23,25-43H2,1-5H3/b16-14-,22-20-,24-21-/t44-/m1/s1. The second kappa shape index (κ2) is 38.7. The van der Waals surface area contributed by atoms with Gasteiger partial charge in [0.05, 0.1) is 27.7 Å². The average Bonchev–Trinajstić information content (AvgIpc) is 3.15. The highest BCUT2D eigenvalue weighted by Crippen LogP contribution is 2.38. The number of allylic oxidation sites excluding steroid dienone is 6. The second-order valence-electron chi connectivity index (χ2n) is 16.4. The number of esters is 2.